The molecule has 0 saturated carbocycles. The lowest BCUT2D eigenvalue weighted by Crippen LogP contribution is -2.11. The average Bonchev–Trinajstić information content (AvgIpc) is 2.80. The van der Waals surface area contributed by atoms with Crippen LogP contribution in [0.4, 0.5) is 16.3 Å². The molecule has 1 unspecified atom stereocenters. The summed E-state index contributed by atoms with van der Waals surface area (Å²) in [6.07, 6.45) is 0. The van der Waals surface area contributed by atoms with Gasteiger partial charge in [0.25, 0.3) is 0 Å². The number of nitrogens with two attached hydrogens (primary N) is 1. The zero-order valence-corrected chi connectivity index (χ0v) is 13.2. The Bertz CT molecular complexity index is 672. The Morgan fingerprint density at radius 1 is 1.48 bits per heavy atom. The first-order valence-electron chi connectivity index (χ1n) is 6.61. The molecule has 1 atom stereocenters. The van der Waals surface area contributed by atoms with Crippen molar-refractivity contribution in [2.75, 3.05) is 17.7 Å². The van der Waals surface area contributed by atoms with Gasteiger partial charge in [-0.3, -0.25) is 0 Å². The molecule has 0 radical (unpaired) electrons. The van der Waals surface area contributed by atoms with Crippen LogP contribution in [0.15, 0.2) is 6.07 Å². The smallest absolute Gasteiger partial charge is 0.351 e. The van der Waals surface area contributed by atoms with Crippen molar-refractivity contribution in [1.29, 1.82) is 0 Å². The molecular formula is C14H20FN5O2S. The molecule has 9 heteroatoms. The topological polar surface area (TPSA) is 103 Å². The Morgan fingerprint density at radius 3 is 2.78 bits per heavy atom. The lowest BCUT2D eigenvalue weighted by atomic mass is 10.2. The predicted molar refractivity (Wildman–Crippen MR) is 88.0 cm³/mol. The average molecular weight is 341 g/mol. The van der Waals surface area contributed by atoms with Gasteiger partial charge in [-0.15, -0.1) is 11.3 Å². The van der Waals surface area contributed by atoms with E-state index in [9.17, 15) is 9.18 Å². The van der Waals surface area contributed by atoms with E-state index < -0.39 is 11.8 Å². The van der Waals surface area contributed by atoms with Crippen molar-refractivity contribution in [3.05, 3.63) is 27.5 Å². The van der Waals surface area contributed by atoms with Gasteiger partial charge in [-0.1, -0.05) is 7.43 Å². The number of carbonyl (C=O) groups is 1. The minimum Gasteiger partial charge on any atom is -0.462 e. The Kier molecular flexibility index (Phi) is 6.38. The second kappa shape index (κ2) is 7.82. The van der Waals surface area contributed by atoms with Crippen LogP contribution in [0.1, 0.15) is 47.7 Å². The molecule has 0 amide bonds. The lowest BCUT2D eigenvalue weighted by molar-refractivity contribution is 0.0527. The van der Waals surface area contributed by atoms with E-state index in [-0.39, 0.29) is 30.9 Å². The lowest BCUT2D eigenvalue weighted by Gasteiger charge is -2.12. The van der Waals surface area contributed by atoms with Crippen LogP contribution in [0.5, 0.6) is 0 Å². The molecule has 0 fully saturated rings. The van der Waals surface area contributed by atoms with Crippen molar-refractivity contribution in [3.8, 4) is 0 Å². The van der Waals surface area contributed by atoms with E-state index in [1.54, 1.807) is 20.8 Å². The molecule has 2 rings (SSSR count). The van der Waals surface area contributed by atoms with Crippen molar-refractivity contribution in [2.45, 2.75) is 34.2 Å². The third-order valence-corrected chi connectivity index (χ3v) is 3.98. The molecule has 0 spiro atoms. The van der Waals surface area contributed by atoms with E-state index in [0.717, 1.165) is 11.3 Å². The molecular weight excluding hydrogens is 321 g/mol. The van der Waals surface area contributed by atoms with Crippen LogP contribution in [0, 0.1) is 12.7 Å². The number of esters is 1. The highest BCUT2D eigenvalue weighted by Gasteiger charge is 2.20. The highest BCUT2D eigenvalue weighted by Crippen LogP contribution is 2.28. The number of anilines is 2. The zero-order chi connectivity index (χ0) is 16.3. The fourth-order valence-corrected chi connectivity index (χ4v) is 2.70. The molecule has 2 aromatic heterocycles. The Balaban J connectivity index is 0.00000264. The van der Waals surface area contributed by atoms with Crippen molar-refractivity contribution in [1.82, 2.24) is 15.0 Å². The summed E-state index contributed by atoms with van der Waals surface area (Å²) < 4.78 is 18.6. The highest BCUT2D eigenvalue weighted by molar-refractivity contribution is 7.14. The summed E-state index contributed by atoms with van der Waals surface area (Å²) >= 11 is 1.03. The maximum Gasteiger partial charge on any atom is 0.351 e. The summed E-state index contributed by atoms with van der Waals surface area (Å²) in [5.74, 6) is -0.385. The third kappa shape index (κ3) is 4.59. The summed E-state index contributed by atoms with van der Waals surface area (Å²) in [5.41, 5.74) is 5.55. The van der Waals surface area contributed by atoms with Gasteiger partial charge in [0, 0.05) is 4.88 Å². The van der Waals surface area contributed by atoms with Crippen LogP contribution in [0.3, 0.4) is 0 Å². The Labute approximate surface area is 138 Å². The summed E-state index contributed by atoms with van der Waals surface area (Å²) in [6.45, 7) is 5.36. The number of nitrogens with zero attached hydrogens (tertiary/aromatic N) is 3. The van der Waals surface area contributed by atoms with E-state index >= 15 is 0 Å². The monoisotopic (exact) mass is 341 g/mol. The second-order valence-electron chi connectivity index (χ2n) is 4.48. The number of thiophene rings is 1. The van der Waals surface area contributed by atoms with Gasteiger partial charge in [0.05, 0.1) is 12.6 Å². The molecule has 2 aromatic rings. The number of aryl methyl sites for hydroxylation is 1. The summed E-state index contributed by atoms with van der Waals surface area (Å²) in [5, 5.41) is 3.00. The van der Waals surface area contributed by atoms with E-state index in [4.69, 9.17) is 10.5 Å². The van der Waals surface area contributed by atoms with Crippen LogP contribution in [-0.4, -0.2) is 27.5 Å². The van der Waals surface area contributed by atoms with Crippen LogP contribution >= 0.6 is 11.3 Å². The van der Waals surface area contributed by atoms with Crippen LogP contribution in [-0.2, 0) is 4.74 Å². The molecule has 3 N–H and O–H groups in total. The first kappa shape index (κ1) is 18.8. The van der Waals surface area contributed by atoms with Gasteiger partial charge < -0.3 is 15.8 Å². The zero-order valence-electron chi connectivity index (χ0n) is 12.4. The maximum atomic E-state index is 13.8. The minimum atomic E-state index is -0.663. The van der Waals surface area contributed by atoms with Gasteiger partial charge in [-0.2, -0.15) is 15.0 Å². The Morgan fingerprint density at radius 2 is 2.17 bits per heavy atom. The predicted octanol–water partition coefficient (Wildman–Crippen LogP) is 2.95. The number of halogens is 1. The SMILES string of the molecule is C.CCOC(=O)c1sc(C(C)Nc2nc(C)nc(N)n2)cc1F. The standard InChI is InChI=1S/C13H16FN5O2S.CH4/c1-4-21-11(20)10-8(14)5-9(22-10)6(2)16-13-18-7(3)17-12(15)19-13;/h5-6H,4H2,1-3H3,(H3,15,16,17,18,19);1H4. The largest absolute Gasteiger partial charge is 0.462 e. The van der Waals surface area contributed by atoms with E-state index in [1.807, 2.05) is 0 Å². The fraction of sp³-hybridized carbons (Fsp3) is 0.429. The quantitative estimate of drug-likeness (QED) is 0.806. The number of hydrogen-bond donors (Lipinski definition) is 2. The van der Waals surface area contributed by atoms with Crippen molar-refractivity contribution in [3.63, 3.8) is 0 Å². The van der Waals surface area contributed by atoms with Crippen LogP contribution < -0.4 is 11.1 Å². The van der Waals surface area contributed by atoms with E-state index in [0.29, 0.717) is 16.6 Å². The molecule has 0 aliphatic rings. The summed E-state index contributed by atoms with van der Waals surface area (Å²) in [7, 11) is 0. The van der Waals surface area contributed by atoms with Crippen molar-refractivity contribution >= 4 is 29.2 Å². The molecule has 0 saturated heterocycles. The number of rotatable bonds is 5. The van der Waals surface area contributed by atoms with E-state index in [2.05, 4.69) is 20.3 Å². The van der Waals surface area contributed by atoms with Gasteiger partial charge >= 0.3 is 5.97 Å². The third-order valence-electron chi connectivity index (χ3n) is 2.70. The normalized spacial score (nSPS) is 11.5. The molecule has 0 aliphatic carbocycles. The Hall–Kier alpha value is -2.29. The second-order valence-corrected chi connectivity index (χ2v) is 5.56. The highest BCUT2D eigenvalue weighted by atomic mass is 32.1. The van der Waals surface area contributed by atoms with Crippen LogP contribution in [0.2, 0.25) is 0 Å². The molecule has 7 nitrogen and oxygen atoms in total. The minimum absolute atomic E-state index is 0. The number of hydrogen-bond acceptors (Lipinski definition) is 8. The number of nitrogens with one attached hydrogen (secondary N) is 1. The van der Waals surface area contributed by atoms with Gasteiger partial charge in [-0.25, -0.2) is 9.18 Å². The maximum absolute atomic E-state index is 13.8. The first-order valence-corrected chi connectivity index (χ1v) is 7.43. The van der Waals surface area contributed by atoms with Gasteiger partial charge in [0.2, 0.25) is 11.9 Å². The van der Waals surface area contributed by atoms with E-state index in [1.165, 1.54) is 6.07 Å². The molecule has 2 heterocycles. The number of nitrogen functional groups attached to an aromatic ring is 1. The molecule has 0 aromatic carbocycles. The summed E-state index contributed by atoms with van der Waals surface area (Å²) in [4.78, 5) is 24.1. The first-order chi connectivity index (χ1) is 10.4. The van der Waals surface area contributed by atoms with Crippen molar-refractivity contribution < 1.29 is 13.9 Å². The van der Waals surface area contributed by atoms with Crippen molar-refractivity contribution in [2.24, 2.45) is 0 Å². The fourth-order valence-electron chi connectivity index (χ4n) is 1.77. The van der Waals surface area contributed by atoms with Crippen LogP contribution in [0.25, 0.3) is 0 Å². The number of carbonyl (C=O) groups excluding carboxylic acids is 1. The van der Waals surface area contributed by atoms with Gasteiger partial charge in [0.15, 0.2) is 0 Å². The molecule has 23 heavy (non-hydrogen) atoms. The summed E-state index contributed by atoms with van der Waals surface area (Å²) in [6, 6.07) is 0.996. The molecule has 126 valence electrons. The van der Waals surface area contributed by atoms with Gasteiger partial charge in [-0.05, 0) is 26.8 Å². The van der Waals surface area contributed by atoms with Gasteiger partial charge in [0.1, 0.15) is 16.5 Å². The molecule has 0 bridgehead atoms. The number of aromatic nitrogens is 3. The number of ether oxygens (including phenoxy) is 1. The molecule has 0 aliphatic heterocycles.